The second-order valence-corrected chi connectivity index (χ2v) is 9.32. The van der Waals surface area contributed by atoms with Crippen LogP contribution in [0.1, 0.15) is 30.5 Å². The van der Waals surface area contributed by atoms with Crippen molar-refractivity contribution in [3.63, 3.8) is 0 Å². The first-order chi connectivity index (χ1) is 15.9. The summed E-state index contributed by atoms with van der Waals surface area (Å²) in [6.45, 7) is 10.9. The van der Waals surface area contributed by atoms with Crippen molar-refractivity contribution in [2.45, 2.75) is 40.3 Å². The smallest absolute Gasteiger partial charge is 0.179 e. The maximum atomic E-state index is 6.47. The predicted molar refractivity (Wildman–Crippen MR) is 135 cm³/mol. The number of nitrogens with zero attached hydrogens (tertiary/aromatic N) is 4. The van der Waals surface area contributed by atoms with Gasteiger partial charge in [0.2, 0.25) is 0 Å². The van der Waals surface area contributed by atoms with Gasteiger partial charge in [-0.05, 0) is 57.4 Å². The Balaban J connectivity index is 1.68. The molecule has 0 amide bonds. The third-order valence-electron chi connectivity index (χ3n) is 6.79. The van der Waals surface area contributed by atoms with Crippen LogP contribution in [0.4, 0.5) is 23.0 Å². The Bertz CT molecular complexity index is 1530. The zero-order valence-electron chi connectivity index (χ0n) is 19.5. The monoisotopic (exact) mass is 434 g/mol. The van der Waals surface area contributed by atoms with E-state index in [4.69, 9.17) is 14.4 Å². The van der Waals surface area contributed by atoms with Crippen LogP contribution in [-0.4, -0.2) is 15.6 Å². The summed E-state index contributed by atoms with van der Waals surface area (Å²) >= 11 is 0. The molecular formula is C28H26N4O. The molecule has 0 saturated carbocycles. The molecule has 0 atom stereocenters. The minimum atomic E-state index is -0.474. The van der Waals surface area contributed by atoms with Crippen molar-refractivity contribution >= 4 is 44.9 Å². The molecule has 5 heteroatoms. The van der Waals surface area contributed by atoms with Gasteiger partial charge in [0.1, 0.15) is 11.2 Å². The Morgan fingerprint density at radius 2 is 1.27 bits per heavy atom. The van der Waals surface area contributed by atoms with E-state index in [9.17, 15) is 0 Å². The molecule has 6 rings (SSSR count). The van der Waals surface area contributed by atoms with Crippen LogP contribution in [0.25, 0.3) is 21.9 Å². The molecule has 5 nitrogen and oxygen atoms in total. The molecule has 0 fully saturated rings. The Morgan fingerprint density at radius 1 is 0.667 bits per heavy atom. The first-order valence-corrected chi connectivity index (χ1v) is 11.3. The number of aromatic nitrogens is 2. The normalized spacial score (nSPS) is 14.9. The molecule has 3 aromatic carbocycles. The van der Waals surface area contributed by atoms with E-state index in [0.717, 1.165) is 44.8 Å². The first kappa shape index (κ1) is 19.8. The molecule has 2 aromatic heterocycles. The summed E-state index contributed by atoms with van der Waals surface area (Å²) in [5.74, 6) is 1.69. The van der Waals surface area contributed by atoms with E-state index in [1.54, 1.807) is 12.4 Å². The fraction of sp³-hybridized carbons (Fsp3) is 0.214. The van der Waals surface area contributed by atoms with Gasteiger partial charge in [0.05, 0.1) is 11.4 Å². The van der Waals surface area contributed by atoms with E-state index in [1.165, 1.54) is 16.8 Å². The molecule has 0 saturated heterocycles. The topological polar surface area (TPSA) is 45.4 Å². The lowest BCUT2D eigenvalue weighted by Gasteiger charge is -2.41. The molecule has 0 spiro atoms. The third kappa shape index (κ3) is 2.65. The van der Waals surface area contributed by atoms with Gasteiger partial charge in [-0.25, -0.2) is 9.97 Å². The lowest BCUT2D eigenvalue weighted by atomic mass is 10.0. The second-order valence-electron chi connectivity index (χ2n) is 9.32. The number of aryl methyl sites for hydroxylation is 3. The van der Waals surface area contributed by atoms with E-state index in [1.807, 2.05) is 12.1 Å². The lowest BCUT2D eigenvalue weighted by Crippen LogP contribution is -2.49. The number of para-hydroxylation sites is 2. The molecule has 1 aliphatic rings. The number of benzene rings is 3. The van der Waals surface area contributed by atoms with E-state index >= 15 is 0 Å². The Labute approximate surface area is 193 Å². The van der Waals surface area contributed by atoms with Crippen LogP contribution >= 0.6 is 0 Å². The van der Waals surface area contributed by atoms with Crippen molar-refractivity contribution in [3.8, 4) is 0 Å². The number of rotatable bonds is 2. The summed E-state index contributed by atoms with van der Waals surface area (Å²) in [6, 6.07) is 19.0. The van der Waals surface area contributed by atoms with Crippen molar-refractivity contribution in [2.24, 2.45) is 0 Å². The molecule has 5 aromatic rings. The summed E-state index contributed by atoms with van der Waals surface area (Å²) in [4.78, 5) is 14.3. The van der Waals surface area contributed by atoms with Gasteiger partial charge < -0.3 is 4.42 Å². The summed E-state index contributed by atoms with van der Waals surface area (Å²) in [5, 5.41) is 2.23. The van der Waals surface area contributed by atoms with E-state index in [2.05, 4.69) is 86.9 Å². The number of anilines is 4. The number of hydrogen-bond acceptors (Lipinski definition) is 5. The van der Waals surface area contributed by atoms with Gasteiger partial charge in [-0.3, -0.25) is 9.80 Å². The van der Waals surface area contributed by atoms with Crippen molar-refractivity contribution in [1.29, 1.82) is 0 Å². The van der Waals surface area contributed by atoms with E-state index < -0.39 is 5.66 Å². The summed E-state index contributed by atoms with van der Waals surface area (Å²) < 4.78 is 6.47. The average molecular weight is 435 g/mol. The zero-order valence-corrected chi connectivity index (χ0v) is 19.5. The molecule has 0 aliphatic carbocycles. The molecule has 0 unspecified atom stereocenters. The Morgan fingerprint density at radius 3 is 1.97 bits per heavy atom. The van der Waals surface area contributed by atoms with Crippen LogP contribution < -0.4 is 9.80 Å². The van der Waals surface area contributed by atoms with Gasteiger partial charge in [-0.15, -0.1) is 0 Å². The van der Waals surface area contributed by atoms with E-state index in [0.29, 0.717) is 0 Å². The molecule has 164 valence electrons. The van der Waals surface area contributed by atoms with Crippen molar-refractivity contribution in [2.75, 3.05) is 9.80 Å². The van der Waals surface area contributed by atoms with Crippen LogP contribution in [0.5, 0.6) is 0 Å². The fourth-order valence-corrected chi connectivity index (χ4v) is 5.33. The van der Waals surface area contributed by atoms with Gasteiger partial charge in [0.15, 0.2) is 17.2 Å². The van der Waals surface area contributed by atoms with Crippen LogP contribution in [0.2, 0.25) is 0 Å². The molecular weight excluding hydrogens is 408 g/mol. The fourth-order valence-electron chi connectivity index (χ4n) is 5.33. The van der Waals surface area contributed by atoms with Crippen molar-refractivity contribution in [1.82, 2.24) is 9.97 Å². The van der Waals surface area contributed by atoms with Crippen LogP contribution in [0.3, 0.4) is 0 Å². The van der Waals surface area contributed by atoms with Gasteiger partial charge in [-0.1, -0.05) is 48.5 Å². The number of hydrogen-bond donors (Lipinski definition) is 0. The number of furan rings is 1. The third-order valence-corrected chi connectivity index (χ3v) is 6.79. The highest BCUT2D eigenvalue weighted by molar-refractivity contribution is 6.11. The maximum absolute atomic E-state index is 6.47. The van der Waals surface area contributed by atoms with E-state index in [-0.39, 0.29) is 0 Å². The minimum absolute atomic E-state index is 0.474. The lowest BCUT2D eigenvalue weighted by molar-refractivity contribution is 0.532. The largest absolute Gasteiger partial charge is 0.454 e. The highest BCUT2D eigenvalue weighted by atomic mass is 16.3. The van der Waals surface area contributed by atoms with Crippen LogP contribution in [0, 0.1) is 20.8 Å². The number of fused-ring (bicyclic) bond motifs is 4. The van der Waals surface area contributed by atoms with Gasteiger partial charge in [-0.2, -0.15) is 0 Å². The molecule has 3 heterocycles. The zero-order chi connectivity index (χ0) is 22.9. The standard InChI is InChI=1S/C28H26N4O/c1-17-9-8-10-18(2)23(17)31-26-27(30-16-15-29-26)32(28(31,4)5)24-19(3)13-14-21-20-11-6-7-12-22(20)33-25(21)24/h6-16H,1-5H3. The van der Waals surface area contributed by atoms with Crippen LogP contribution in [0.15, 0.2) is 71.4 Å². The summed E-state index contributed by atoms with van der Waals surface area (Å²) in [7, 11) is 0. The molecule has 0 radical (unpaired) electrons. The van der Waals surface area contributed by atoms with Gasteiger partial charge in [0, 0.05) is 23.2 Å². The van der Waals surface area contributed by atoms with Crippen molar-refractivity contribution in [3.05, 3.63) is 83.7 Å². The highest BCUT2D eigenvalue weighted by Gasteiger charge is 2.48. The Hall–Kier alpha value is -3.86. The average Bonchev–Trinajstić information content (AvgIpc) is 3.27. The summed E-state index contributed by atoms with van der Waals surface area (Å²) in [6.07, 6.45) is 3.54. The SMILES string of the molecule is Cc1cccc(C)c1N1c2nccnc2N(c2c(C)ccc3c2oc2ccccc23)C1(C)C. The molecule has 1 aliphatic heterocycles. The van der Waals surface area contributed by atoms with Gasteiger partial charge in [0.25, 0.3) is 0 Å². The van der Waals surface area contributed by atoms with Crippen LogP contribution in [-0.2, 0) is 0 Å². The predicted octanol–water partition coefficient (Wildman–Crippen LogP) is 7.33. The Kier molecular flexibility index (Phi) is 4.09. The molecule has 33 heavy (non-hydrogen) atoms. The molecule has 0 bridgehead atoms. The quantitative estimate of drug-likeness (QED) is 0.291. The molecule has 0 N–H and O–H groups in total. The first-order valence-electron chi connectivity index (χ1n) is 11.3. The second kappa shape index (κ2) is 6.82. The summed E-state index contributed by atoms with van der Waals surface area (Å²) in [5.41, 5.74) is 7.05. The maximum Gasteiger partial charge on any atom is 0.179 e. The van der Waals surface area contributed by atoms with Crippen molar-refractivity contribution < 1.29 is 4.42 Å². The highest BCUT2D eigenvalue weighted by Crippen LogP contribution is 2.54. The minimum Gasteiger partial charge on any atom is -0.454 e. The van der Waals surface area contributed by atoms with Gasteiger partial charge >= 0.3 is 0 Å².